The molecule has 0 saturated carbocycles. The lowest BCUT2D eigenvalue weighted by atomic mass is 10.1. The number of carboxylic acid groups (broad SMARTS) is 1. The second-order valence-corrected chi connectivity index (χ2v) is 7.96. The molecule has 2 rings (SSSR count). The van der Waals surface area contributed by atoms with Crippen LogP contribution in [0.1, 0.15) is 48.7 Å². The van der Waals surface area contributed by atoms with Crippen LogP contribution in [0.3, 0.4) is 0 Å². The summed E-state index contributed by atoms with van der Waals surface area (Å²) >= 11 is 2.37. The van der Waals surface area contributed by atoms with Gasteiger partial charge in [0, 0.05) is 28.6 Å². The van der Waals surface area contributed by atoms with Crippen LogP contribution in [0, 0.1) is 0 Å². The number of hydrogen-bond donors (Lipinski definition) is 1. The van der Waals surface area contributed by atoms with Crippen LogP contribution in [0.2, 0.25) is 0 Å². The zero-order chi connectivity index (χ0) is 22.0. The van der Waals surface area contributed by atoms with Crippen molar-refractivity contribution in [2.24, 2.45) is 0 Å². The minimum absolute atomic E-state index is 0.0203. The lowest BCUT2D eigenvalue weighted by Gasteiger charge is -2.16. The number of rotatable bonds is 13. The molecule has 0 aliphatic heterocycles. The van der Waals surface area contributed by atoms with Crippen molar-refractivity contribution in [3.8, 4) is 0 Å². The molecule has 0 aromatic heterocycles. The van der Waals surface area contributed by atoms with Gasteiger partial charge in [0.1, 0.15) is 0 Å². The van der Waals surface area contributed by atoms with Gasteiger partial charge in [-0.15, -0.1) is 0 Å². The van der Waals surface area contributed by atoms with Crippen molar-refractivity contribution in [1.82, 2.24) is 0 Å². The fraction of sp³-hybridized carbons (Fsp3) is 0.409. The number of hydrogen-bond acceptors (Lipinski definition) is 3. The Hall–Kier alpha value is -1.39. The lowest BCUT2D eigenvalue weighted by molar-refractivity contribution is -0.137. The highest BCUT2D eigenvalue weighted by atomic mass is 32.2. The van der Waals surface area contributed by atoms with Gasteiger partial charge in [-0.3, -0.25) is 4.79 Å². The van der Waals surface area contributed by atoms with Gasteiger partial charge in [0.15, 0.2) is 0 Å². The summed E-state index contributed by atoms with van der Waals surface area (Å²) in [4.78, 5) is 10.8. The first kappa shape index (κ1) is 15.6. The number of unbranched alkanes of at least 4 members (excludes halogenated alkanes) is 1. The number of carboxylic acids is 1. The summed E-state index contributed by atoms with van der Waals surface area (Å²) in [6.07, 6.45) is 2.31. The van der Waals surface area contributed by atoms with E-state index in [1.807, 2.05) is 36.4 Å². The van der Waals surface area contributed by atoms with Gasteiger partial charge in [-0.05, 0) is 36.1 Å². The van der Waals surface area contributed by atoms with Gasteiger partial charge < -0.3 is 5.11 Å². The number of aliphatic carboxylic acids is 1. The van der Waals surface area contributed by atoms with Gasteiger partial charge in [0.2, 0.25) is 0 Å². The number of carbonyl (C=O) groups is 1. The molecule has 0 spiro atoms. The molecule has 26 heavy (non-hydrogen) atoms. The third-order valence-corrected chi connectivity index (χ3v) is 5.84. The van der Waals surface area contributed by atoms with Crippen molar-refractivity contribution >= 4 is 29.5 Å². The lowest BCUT2D eigenvalue weighted by Crippen LogP contribution is -2.06. The highest BCUT2D eigenvalue weighted by Crippen LogP contribution is 2.27. The van der Waals surface area contributed by atoms with Crippen LogP contribution in [0.15, 0.2) is 60.7 Å². The van der Waals surface area contributed by atoms with E-state index < -0.39 is 17.4 Å². The summed E-state index contributed by atoms with van der Waals surface area (Å²) in [6, 6.07) is 18.6. The predicted molar refractivity (Wildman–Crippen MR) is 115 cm³/mol. The largest absolute Gasteiger partial charge is 0.481 e. The Morgan fingerprint density at radius 1 is 0.962 bits per heavy atom. The first-order valence-electron chi connectivity index (χ1n) is 10.8. The predicted octanol–water partition coefficient (Wildman–Crippen LogP) is 6.26. The molecule has 2 nitrogen and oxygen atoms in total. The zero-order valence-corrected chi connectivity index (χ0v) is 16.4. The average molecular weight is 393 g/mol. The minimum Gasteiger partial charge on any atom is -0.481 e. The molecule has 0 aliphatic carbocycles. The van der Waals surface area contributed by atoms with E-state index in [0.717, 1.165) is 11.3 Å². The van der Waals surface area contributed by atoms with Gasteiger partial charge >= 0.3 is 5.97 Å². The monoisotopic (exact) mass is 392 g/mol. The van der Waals surface area contributed by atoms with Crippen LogP contribution in [0.4, 0.5) is 0 Å². The smallest absolute Gasteiger partial charge is 0.303 e. The Morgan fingerprint density at radius 3 is 2.27 bits per heavy atom. The van der Waals surface area contributed by atoms with E-state index in [0.29, 0.717) is 36.6 Å². The van der Waals surface area contributed by atoms with E-state index in [1.165, 1.54) is 0 Å². The fourth-order valence-electron chi connectivity index (χ4n) is 2.42. The Bertz CT molecular complexity index is 773. The summed E-state index contributed by atoms with van der Waals surface area (Å²) in [5, 5.41) is 8.82. The van der Waals surface area contributed by atoms with E-state index in [4.69, 9.17) is 10.6 Å². The SMILES string of the molecule is [2H]C([2H])(CC(CCCCC(=O)O)SCc1ccccc1)SC([2H])([2H])c1ccccc1. The molecule has 0 saturated heterocycles. The maximum Gasteiger partial charge on any atom is 0.303 e. The van der Waals surface area contributed by atoms with Crippen LogP contribution in [-0.2, 0) is 16.3 Å². The average Bonchev–Trinajstić information content (AvgIpc) is 2.69. The summed E-state index contributed by atoms with van der Waals surface area (Å²) < 4.78 is 33.6. The highest BCUT2D eigenvalue weighted by molar-refractivity contribution is 7.99. The van der Waals surface area contributed by atoms with Gasteiger partial charge in [-0.1, -0.05) is 67.1 Å². The van der Waals surface area contributed by atoms with E-state index in [1.54, 1.807) is 36.0 Å². The molecule has 0 fully saturated rings. The number of thioether (sulfide) groups is 2. The van der Waals surface area contributed by atoms with E-state index in [9.17, 15) is 4.79 Å². The molecule has 140 valence electrons. The Balaban J connectivity index is 2.00. The third-order valence-electron chi connectivity index (χ3n) is 3.82. The topological polar surface area (TPSA) is 37.3 Å². The third kappa shape index (κ3) is 9.35. The normalized spacial score (nSPS) is 15.4. The zero-order valence-electron chi connectivity index (χ0n) is 18.8. The van der Waals surface area contributed by atoms with Gasteiger partial charge in [0.05, 0.1) is 0 Å². The van der Waals surface area contributed by atoms with Crippen molar-refractivity contribution in [1.29, 1.82) is 0 Å². The molecule has 0 amide bonds. The van der Waals surface area contributed by atoms with Crippen LogP contribution in [-0.4, -0.2) is 22.0 Å². The van der Waals surface area contributed by atoms with Crippen molar-refractivity contribution in [3.05, 3.63) is 71.8 Å². The molecule has 1 N–H and O–H groups in total. The second-order valence-electron chi connectivity index (χ2n) is 5.98. The van der Waals surface area contributed by atoms with Gasteiger partial charge in [0.25, 0.3) is 0 Å². The van der Waals surface area contributed by atoms with Crippen molar-refractivity contribution in [2.75, 3.05) is 5.70 Å². The molecule has 2 aromatic rings. The molecule has 0 bridgehead atoms. The van der Waals surface area contributed by atoms with E-state index >= 15 is 0 Å². The van der Waals surface area contributed by atoms with Crippen LogP contribution in [0.25, 0.3) is 0 Å². The fourth-order valence-corrected chi connectivity index (χ4v) is 4.29. The molecule has 1 atom stereocenters. The second kappa shape index (κ2) is 12.9. The first-order chi connectivity index (χ1) is 14.2. The highest BCUT2D eigenvalue weighted by Gasteiger charge is 2.10. The Labute approximate surface area is 171 Å². The summed E-state index contributed by atoms with van der Waals surface area (Å²) in [5.41, 5.74) is -1.97. The van der Waals surface area contributed by atoms with Gasteiger partial charge in [-0.25, -0.2) is 0 Å². The summed E-state index contributed by atoms with van der Waals surface area (Å²) in [5.74, 6) is -0.0676. The van der Waals surface area contributed by atoms with E-state index in [2.05, 4.69) is 0 Å². The van der Waals surface area contributed by atoms with Crippen molar-refractivity contribution in [2.45, 2.75) is 48.8 Å². The molecule has 0 radical (unpaired) electrons. The maximum absolute atomic E-state index is 10.8. The van der Waals surface area contributed by atoms with Crippen LogP contribution < -0.4 is 0 Å². The quantitative estimate of drug-likeness (QED) is 0.408. The molecular weight excluding hydrogens is 360 g/mol. The molecule has 2 aromatic carbocycles. The first-order valence-corrected chi connectivity index (χ1v) is 10.7. The molecule has 0 aliphatic rings. The molecular formula is C22H28O2S2. The minimum atomic E-state index is -1.83. The van der Waals surface area contributed by atoms with Crippen molar-refractivity contribution < 1.29 is 15.4 Å². The van der Waals surface area contributed by atoms with Crippen LogP contribution >= 0.6 is 23.5 Å². The molecule has 4 heteroatoms. The van der Waals surface area contributed by atoms with Crippen molar-refractivity contribution in [3.63, 3.8) is 0 Å². The maximum atomic E-state index is 10.8. The Morgan fingerprint density at radius 2 is 1.62 bits per heavy atom. The van der Waals surface area contributed by atoms with Crippen LogP contribution in [0.5, 0.6) is 0 Å². The summed E-state index contributed by atoms with van der Waals surface area (Å²) in [7, 11) is 0. The van der Waals surface area contributed by atoms with Gasteiger partial charge in [-0.2, -0.15) is 23.5 Å². The van der Waals surface area contributed by atoms with E-state index in [-0.39, 0.29) is 18.1 Å². The molecule has 0 heterocycles. The number of benzene rings is 2. The summed E-state index contributed by atoms with van der Waals surface area (Å²) in [6.45, 7) is 0. The molecule has 1 unspecified atom stereocenters. The Kier molecular flexibility index (Phi) is 7.75. The standard InChI is InChI=1S/C22H28O2S2/c23-22(24)14-8-7-13-21(26-18-20-11-5-2-6-12-20)15-16-25-17-19-9-3-1-4-10-19/h1-6,9-12,21H,7-8,13-18H2,(H,23,24)/i16D2,17D2.